The van der Waals surface area contributed by atoms with Gasteiger partial charge in [-0.05, 0) is 25.8 Å². The van der Waals surface area contributed by atoms with Crippen molar-refractivity contribution in [2.45, 2.75) is 45.5 Å². The molecule has 0 aliphatic carbocycles. The molecule has 3 nitrogen and oxygen atoms in total. The van der Waals surface area contributed by atoms with E-state index in [-0.39, 0.29) is 6.61 Å². The highest BCUT2D eigenvalue weighted by atomic mass is 28.3. The standard InChI is InChI=1S/C14H24O3Si/c1-6-17-14(16)13(15)12(2)10-8-7-9-11-18(3,4)5/h7,9H,2,6,8,10-11H2,1,3-5H3/b9-7+. The molecular formula is C14H24O3Si. The van der Waals surface area contributed by atoms with Gasteiger partial charge in [-0.25, -0.2) is 4.79 Å². The number of Topliss-reactive ketones (excluding diaryl/α,β-unsaturated/α-hetero) is 1. The van der Waals surface area contributed by atoms with Gasteiger partial charge >= 0.3 is 5.97 Å². The van der Waals surface area contributed by atoms with Gasteiger partial charge < -0.3 is 4.74 Å². The SMILES string of the molecule is C=C(CC/C=C/C[Si](C)(C)C)C(=O)C(=O)OCC. The van der Waals surface area contributed by atoms with Crippen LogP contribution < -0.4 is 0 Å². The smallest absolute Gasteiger partial charge is 0.379 e. The molecule has 0 heterocycles. The Kier molecular flexibility index (Phi) is 7.51. The Hall–Kier alpha value is -1.16. The zero-order chi connectivity index (χ0) is 14.2. The Balaban J connectivity index is 3.97. The number of carbonyl (C=O) groups is 2. The zero-order valence-corrected chi connectivity index (χ0v) is 12.9. The van der Waals surface area contributed by atoms with Gasteiger partial charge in [-0.15, -0.1) is 0 Å². The first-order chi connectivity index (χ1) is 8.28. The summed E-state index contributed by atoms with van der Waals surface area (Å²) in [5.41, 5.74) is 0.325. The summed E-state index contributed by atoms with van der Waals surface area (Å²) in [6.07, 6.45) is 5.48. The Morgan fingerprint density at radius 1 is 1.22 bits per heavy atom. The lowest BCUT2D eigenvalue weighted by Gasteiger charge is -2.11. The molecule has 0 aromatic heterocycles. The van der Waals surface area contributed by atoms with Crippen LogP contribution in [0.5, 0.6) is 0 Å². The Morgan fingerprint density at radius 2 is 1.83 bits per heavy atom. The summed E-state index contributed by atoms with van der Waals surface area (Å²) in [5, 5.41) is 0. The van der Waals surface area contributed by atoms with Crippen LogP contribution >= 0.6 is 0 Å². The summed E-state index contributed by atoms with van der Waals surface area (Å²) in [5.74, 6) is -1.40. The van der Waals surface area contributed by atoms with Crippen LogP contribution in [0.25, 0.3) is 0 Å². The van der Waals surface area contributed by atoms with Crippen molar-refractivity contribution in [1.29, 1.82) is 0 Å². The van der Waals surface area contributed by atoms with E-state index in [1.165, 1.54) is 0 Å². The summed E-state index contributed by atoms with van der Waals surface area (Å²) >= 11 is 0. The van der Waals surface area contributed by atoms with E-state index < -0.39 is 19.8 Å². The molecule has 0 aliphatic rings. The van der Waals surface area contributed by atoms with Crippen LogP contribution in [0.15, 0.2) is 24.3 Å². The normalized spacial score (nSPS) is 11.6. The minimum Gasteiger partial charge on any atom is -0.460 e. The average Bonchev–Trinajstić information content (AvgIpc) is 2.26. The van der Waals surface area contributed by atoms with Crippen molar-refractivity contribution in [1.82, 2.24) is 0 Å². The van der Waals surface area contributed by atoms with E-state index in [1.54, 1.807) is 6.92 Å². The summed E-state index contributed by atoms with van der Waals surface area (Å²) < 4.78 is 4.64. The molecule has 0 amide bonds. The Morgan fingerprint density at radius 3 is 2.33 bits per heavy atom. The molecule has 0 aliphatic heterocycles. The molecule has 0 bridgehead atoms. The summed E-state index contributed by atoms with van der Waals surface area (Å²) in [4.78, 5) is 22.6. The summed E-state index contributed by atoms with van der Waals surface area (Å²) in [6.45, 7) is 12.4. The molecule has 102 valence electrons. The first-order valence-electron chi connectivity index (χ1n) is 6.32. The van der Waals surface area contributed by atoms with Crippen LogP contribution in [0.2, 0.25) is 25.7 Å². The number of esters is 1. The van der Waals surface area contributed by atoms with Gasteiger partial charge in [0.15, 0.2) is 0 Å². The predicted octanol–water partition coefficient (Wildman–Crippen LogP) is 3.35. The highest BCUT2D eigenvalue weighted by molar-refractivity contribution is 6.76. The average molecular weight is 268 g/mol. The van der Waals surface area contributed by atoms with E-state index in [4.69, 9.17) is 0 Å². The number of allylic oxidation sites excluding steroid dienone is 2. The quantitative estimate of drug-likeness (QED) is 0.223. The molecule has 4 heteroatoms. The third-order valence-corrected chi connectivity index (χ3v) is 3.75. The number of ketones is 1. The molecule has 0 rings (SSSR count). The van der Waals surface area contributed by atoms with Crippen molar-refractivity contribution in [3.05, 3.63) is 24.3 Å². The molecule has 0 aromatic rings. The van der Waals surface area contributed by atoms with Crippen LogP contribution in [0, 0.1) is 0 Å². The maximum absolute atomic E-state index is 11.5. The van der Waals surface area contributed by atoms with Gasteiger partial charge in [-0.2, -0.15) is 0 Å². The fourth-order valence-corrected chi connectivity index (χ4v) is 2.14. The lowest BCUT2D eigenvalue weighted by molar-refractivity contribution is -0.151. The third-order valence-electron chi connectivity index (χ3n) is 2.29. The molecule has 0 fully saturated rings. The van der Waals surface area contributed by atoms with E-state index in [0.29, 0.717) is 12.0 Å². The van der Waals surface area contributed by atoms with Crippen LogP contribution in [-0.4, -0.2) is 26.4 Å². The Labute approximate surface area is 111 Å². The number of hydrogen-bond acceptors (Lipinski definition) is 3. The van der Waals surface area contributed by atoms with E-state index in [0.717, 1.165) is 12.5 Å². The molecular weight excluding hydrogens is 244 g/mol. The molecule has 0 radical (unpaired) electrons. The second-order valence-corrected chi connectivity index (χ2v) is 11.0. The maximum atomic E-state index is 11.5. The summed E-state index contributed by atoms with van der Waals surface area (Å²) in [6, 6.07) is 1.13. The highest BCUT2D eigenvalue weighted by Crippen LogP contribution is 2.10. The van der Waals surface area contributed by atoms with Crippen LogP contribution in [0.1, 0.15) is 19.8 Å². The molecule has 0 unspecified atom stereocenters. The zero-order valence-electron chi connectivity index (χ0n) is 11.9. The lowest BCUT2D eigenvalue weighted by Crippen LogP contribution is -2.18. The second-order valence-electron chi connectivity index (χ2n) is 5.43. The fourth-order valence-electron chi connectivity index (χ4n) is 1.27. The van der Waals surface area contributed by atoms with Crippen molar-refractivity contribution in [2.75, 3.05) is 6.61 Å². The first kappa shape index (κ1) is 16.8. The fraction of sp³-hybridized carbons (Fsp3) is 0.571. The topological polar surface area (TPSA) is 43.4 Å². The minimum absolute atomic E-state index is 0.216. The van der Waals surface area contributed by atoms with Gasteiger partial charge in [-0.1, -0.05) is 38.4 Å². The number of rotatable bonds is 8. The first-order valence-corrected chi connectivity index (χ1v) is 10.0. The monoisotopic (exact) mass is 268 g/mol. The van der Waals surface area contributed by atoms with E-state index in [1.807, 2.05) is 0 Å². The van der Waals surface area contributed by atoms with E-state index in [9.17, 15) is 9.59 Å². The minimum atomic E-state index is -1.04. The van der Waals surface area contributed by atoms with Crippen LogP contribution in [-0.2, 0) is 14.3 Å². The van der Waals surface area contributed by atoms with Gasteiger partial charge in [0.05, 0.1) is 6.61 Å². The van der Waals surface area contributed by atoms with Gasteiger partial charge in [0.1, 0.15) is 0 Å². The maximum Gasteiger partial charge on any atom is 0.379 e. The predicted molar refractivity (Wildman–Crippen MR) is 77.3 cm³/mol. The molecule has 0 saturated carbocycles. The molecule has 0 spiro atoms. The van der Waals surface area contributed by atoms with Crippen LogP contribution in [0.3, 0.4) is 0 Å². The summed E-state index contributed by atoms with van der Waals surface area (Å²) in [7, 11) is -1.04. The van der Waals surface area contributed by atoms with Crippen molar-refractivity contribution in [3.63, 3.8) is 0 Å². The molecule has 0 atom stereocenters. The molecule has 0 N–H and O–H groups in total. The Bertz CT molecular complexity index is 337. The van der Waals surface area contributed by atoms with Crippen LogP contribution in [0.4, 0.5) is 0 Å². The van der Waals surface area contributed by atoms with Gasteiger partial charge in [0, 0.05) is 13.6 Å². The van der Waals surface area contributed by atoms with Crippen molar-refractivity contribution >= 4 is 19.8 Å². The highest BCUT2D eigenvalue weighted by Gasteiger charge is 2.17. The number of carbonyl (C=O) groups excluding carboxylic acids is 2. The van der Waals surface area contributed by atoms with E-state index >= 15 is 0 Å². The van der Waals surface area contributed by atoms with E-state index in [2.05, 4.69) is 43.1 Å². The lowest BCUT2D eigenvalue weighted by atomic mass is 10.1. The van der Waals surface area contributed by atoms with Gasteiger partial charge in [0.25, 0.3) is 5.78 Å². The molecule has 18 heavy (non-hydrogen) atoms. The van der Waals surface area contributed by atoms with Gasteiger partial charge in [-0.3, -0.25) is 4.79 Å². The van der Waals surface area contributed by atoms with Crippen molar-refractivity contribution in [2.24, 2.45) is 0 Å². The molecule has 0 saturated heterocycles. The third kappa shape index (κ3) is 8.01. The second kappa shape index (κ2) is 8.03. The molecule has 0 aromatic carbocycles. The van der Waals surface area contributed by atoms with Crippen molar-refractivity contribution < 1.29 is 14.3 Å². The number of ether oxygens (including phenoxy) is 1. The largest absolute Gasteiger partial charge is 0.460 e. The number of hydrogen-bond donors (Lipinski definition) is 0. The van der Waals surface area contributed by atoms with Gasteiger partial charge in [0.2, 0.25) is 0 Å². The van der Waals surface area contributed by atoms with Crippen molar-refractivity contribution in [3.8, 4) is 0 Å².